The lowest BCUT2D eigenvalue weighted by molar-refractivity contribution is 0.301. The third-order valence-corrected chi connectivity index (χ3v) is 2.69. The molecular formula is C10H15N3. The van der Waals surface area contributed by atoms with Crippen LogP contribution in [0, 0.1) is 5.92 Å². The summed E-state index contributed by atoms with van der Waals surface area (Å²) in [7, 11) is 2.01. The Morgan fingerprint density at radius 1 is 1.62 bits per heavy atom. The van der Waals surface area contributed by atoms with Gasteiger partial charge in [0.15, 0.2) is 0 Å². The number of allylic oxidation sites excluding steroid dienone is 2. The van der Waals surface area contributed by atoms with Crippen LogP contribution in [0.2, 0.25) is 0 Å². The first kappa shape index (κ1) is 8.51. The topological polar surface area (TPSA) is 41.6 Å². The van der Waals surface area contributed by atoms with Crippen molar-refractivity contribution < 1.29 is 0 Å². The number of hydrazone groups is 1. The molecule has 70 valence electrons. The molecule has 3 nitrogen and oxygen atoms in total. The van der Waals surface area contributed by atoms with Crippen LogP contribution >= 0.6 is 0 Å². The number of hydrogen-bond acceptors (Lipinski definition) is 3. The Morgan fingerprint density at radius 2 is 2.46 bits per heavy atom. The van der Waals surface area contributed by atoms with E-state index in [1.165, 1.54) is 5.57 Å². The van der Waals surface area contributed by atoms with Gasteiger partial charge < -0.3 is 5.73 Å². The summed E-state index contributed by atoms with van der Waals surface area (Å²) in [6, 6.07) is 0.423. The van der Waals surface area contributed by atoms with E-state index in [1.54, 1.807) is 0 Å². The van der Waals surface area contributed by atoms with E-state index in [9.17, 15) is 0 Å². The molecule has 1 aliphatic heterocycles. The molecule has 0 aromatic heterocycles. The van der Waals surface area contributed by atoms with E-state index in [4.69, 9.17) is 5.73 Å². The molecule has 2 aliphatic rings. The van der Waals surface area contributed by atoms with Gasteiger partial charge in [-0.3, -0.25) is 5.01 Å². The molecule has 2 unspecified atom stereocenters. The third kappa shape index (κ3) is 1.40. The summed E-state index contributed by atoms with van der Waals surface area (Å²) in [5.74, 6) is 0.457. The Bertz CT molecular complexity index is 278. The van der Waals surface area contributed by atoms with Crippen LogP contribution in [0.1, 0.15) is 6.42 Å². The molecular weight excluding hydrogens is 162 g/mol. The molecule has 0 aromatic carbocycles. The van der Waals surface area contributed by atoms with Gasteiger partial charge in [0.2, 0.25) is 0 Å². The Morgan fingerprint density at radius 3 is 3.23 bits per heavy atom. The molecule has 1 aliphatic carbocycles. The van der Waals surface area contributed by atoms with Crippen molar-refractivity contribution >= 4 is 6.21 Å². The predicted octanol–water partition coefficient (Wildman–Crippen LogP) is 0.747. The Balaban J connectivity index is 2.17. The Labute approximate surface area is 78.6 Å². The minimum absolute atomic E-state index is 0.423. The maximum Gasteiger partial charge on any atom is 0.0766 e. The molecule has 0 fully saturated rings. The maximum atomic E-state index is 5.55. The zero-order valence-corrected chi connectivity index (χ0v) is 7.85. The second-order valence-corrected chi connectivity index (χ2v) is 3.52. The SMILES string of the molecule is CN1N=CC2C(CCN)=CC=CC21. The molecule has 3 heteroatoms. The molecule has 1 heterocycles. The average Bonchev–Trinajstić information content (AvgIpc) is 2.50. The number of likely N-dealkylation sites (N-methyl/N-ethyl adjacent to an activating group) is 1. The van der Waals surface area contributed by atoms with Crippen LogP contribution in [0.15, 0.2) is 28.9 Å². The fourth-order valence-electron chi connectivity index (χ4n) is 1.95. The first-order valence-corrected chi connectivity index (χ1v) is 4.67. The number of nitrogens with two attached hydrogens (primary N) is 1. The lowest BCUT2D eigenvalue weighted by Crippen LogP contribution is -2.30. The zero-order valence-electron chi connectivity index (χ0n) is 7.85. The number of fused-ring (bicyclic) bond motifs is 1. The highest BCUT2D eigenvalue weighted by Gasteiger charge is 2.30. The van der Waals surface area contributed by atoms with Gasteiger partial charge in [0, 0.05) is 19.2 Å². The minimum atomic E-state index is 0.423. The summed E-state index contributed by atoms with van der Waals surface area (Å²) in [4.78, 5) is 0. The molecule has 0 saturated heterocycles. The van der Waals surface area contributed by atoms with Crippen LogP contribution in [0.5, 0.6) is 0 Å². The summed E-state index contributed by atoms with van der Waals surface area (Å²) in [5, 5.41) is 6.29. The molecule has 13 heavy (non-hydrogen) atoms. The quantitative estimate of drug-likeness (QED) is 0.676. The van der Waals surface area contributed by atoms with Crippen molar-refractivity contribution in [3.8, 4) is 0 Å². The van der Waals surface area contributed by atoms with E-state index in [2.05, 4.69) is 23.3 Å². The van der Waals surface area contributed by atoms with Crippen molar-refractivity contribution in [3.05, 3.63) is 23.8 Å². The Hall–Kier alpha value is -1.09. The largest absolute Gasteiger partial charge is 0.330 e. The molecule has 2 rings (SSSR count). The van der Waals surface area contributed by atoms with E-state index in [0.29, 0.717) is 12.0 Å². The van der Waals surface area contributed by atoms with Crippen LogP contribution in [0.4, 0.5) is 0 Å². The molecule has 0 spiro atoms. The van der Waals surface area contributed by atoms with E-state index >= 15 is 0 Å². The van der Waals surface area contributed by atoms with Crippen LogP contribution < -0.4 is 5.73 Å². The average molecular weight is 177 g/mol. The van der Waals surface area contributed by atoms with Gasteiger partial charge in [-0.25, -0.2) is 0 Å². The van der Waals surface area contributed by atoms with E-state index in [-0.39, 0.29) is 0 Å². The third-order valence-electron chi connectivity index (χ3n) is 2.69. The molecule has 2 N–H and O–H groups in total. The summed E-state index contributed by atoms with van der Waals surface area (Å²) < 4.78 is 0. The van der Waals surface area contributed by atoms with Gasteiger partial charge in [0.1, 0.15) is 0 Å². The molecule has 0 aromatic rings. The smallest absolute Gasteiger partial charge is 0.0766 e. The summed E-state index contributed by atoms with van der Waals surface area (Å²) in [6.07, 6.45) is 9.47. The van der Waals surface area contributed by atoms with Gasteiger partial charge in [0.25, 0.3) is 0 Å². The monoisotopic (exact) mass is 177 g/mol. The second-order valence-electron chi connectivity index (χ2n) is 3.52. The first-order chi connectivity index (χ1) is 6.33. The number of rotatable bonds is 2. The molecule has 0 bridgehead atoms. The standard InChI is InChI=1S/C10H15N3/c1-13-10-4-2-3-8(5-6-11)9(10)7-12-13/h2-4,7,9-10H,5-6,11H2,1H3. The van der Waals surface area contributed by atoms with Crippen molar-refractivity contribution in [1.82, 2.24) is 5.01 Å². The van der Waals surface area contributed by atoms with Crippen LogP contribution in [0.3, 0.4) is 0 Å². The van der Waals surface area contributed by atoms with Gasteiger partial charge in [0.05, 0.1) is 6.04 Å². The maximum absolute atomic E-state index is 5.55. The van der Waals surface area contributed by atoms with Gasteiger partial charge in [-0.2, -0.15) is 5.10 Å². The van der Waals surface area contributed by atoms with Gasteiger partial charge in [-0.1, -0.05) is 23.8 Å². The summed E-state index contributed by atoms with van der Waals surface area (Å²) in [6.45, 7) is 0.723. The minimum Gasteiger partial charge on any atom is -0.330 e. The summed E-state index contributed by atoms with van der Waals surface area (Å²) >= 11 is 0. The summed E-state index contributed by atoms with van der Waals surface area (Å²) in [5.41, 5.74) is 6.96. The fourth-order valence-corrected chi connectivity index (χ4v) is 1.95. The molecule has 0 saturated carbocycles. The lowest BCUT2D eigenvalue weighted by Gasteiger charge is -2.25. The van der Waals surface area contributed by atoms with Gasteiger partial charge in [-0.05, 0) is 13.0 Å². The van der Waals surface area contributed by atoms with E-state index in [1.807, 2.05) is 18.3 Å². The highest BCUT2D eigenvalue weighted by molar-refractivity contribution is 5.69. The molecule has 0 amide bonds. The van der Waals surface area contributed by atoms with Crippen LogP contribution in [0.25, 0.3) is 0 Å². The fraction of sp³-hybridized carbons (Fsp3) is 0.500. The van der Waals surface area contributed by atoms with Crippen LogP contribution in [-0.4, -0.2) is 30.9 Å². The highest BCUT2D eigenvalue weighted by atomic mass is 15.5. The van der Waals surface area contributed by atoms with Crippen molar-refractivity contribution in [2.45, 2.75) is 12.5 Å². The number of hydrogen-bond donors (Lipinski definition) is 1. The van der Waals surface area contributed by atoms with Crippen LogP contribution in [-0.2, 0) is 0 Å². The van der Waals surface area contributed by atoms with E-state index < -0.39 is 0 Å². The Kier molecular flexibility index (Phi) is 2.19. The number of nitrogens with zero attached hydrogens (tertiary/aromatic N) is 2. The van der Waals surface area contributed by atoms with Crippen molar-refractivity contribution in [2.75, 3.05) is 13.6 Å². The highest BCUT2D eigenvalue weighted by Crippen LogP contribution is 2.28. The predicted molar refractivity (Wildman–Crippen MR) is 54.4 cm³/mol. The zero-order chi connectivity index (χ0) is 9.26. The van der Waals surface area contributed by atoms with Crippen molar-refractivity contribution in [2.24, 2.45) is 16.8 Å². The first-order valence-electron chi connectivity index (χ1n) is 4.67. The van der Waals surface area contributed by atoms with E-state index in [0.717, 1.165) is 13.0 Å². The van der Waals surface area contributed by atoms with Gasteiger partial charge in [-0.15, -0.1) is 0 Å². The van der Waals surface area contributed by atoms with Crippen molar-refractivity contribution in [1.29, 1.82) is 0 Å². The second kappa shape index (κ2) is 3.34. The van der Waals surface area contributed by atoms with Gasteiger partial charge >= 0.3 is 0 Å². The lowest BCUT2D eigenvalue weighted by atomic mass is 9.87. The molecule has 0 radical (unpaired) electrons. The normalized spacial score (nSPS) is 30.6. The van der Waals surface area contributed by atoms with Crippen molar-refractivity contribution in [3.63, 3.8) is 0 Å². The molecule has 2 atom stereocenters.